The van der Waals surface area contributed by atoms with Gasteiger partial charge in [0.15, 0.2) is 0 Å². The molecule has 0 bridgehead atoms. The SMILES string of the molecule is CNCCCCC(C)(NC)C(=O)O. The lowest BCUT2D eigenvalue weighted by Crippen LogP contribution is -2.47. The molecule has 0 aromatic carbocycles. The Kier molecular flexibility index (Phi) is 5.66. The highest BCUT2D eigenvalue weighted by molar-refractivity contribution is 5.78. The van der Waals surface area contributed by atoms with Crippen molar-refractivity contribution in [2.45, 2.75) is 31.7 Å². The Balaban J connectivity index is 3.78. The number of unbranched alkanes of at least 4 members (excludes halogenated alkanes) is 1. The first-order valence-corrected chi connectivity index (χ1v) is 4.63. The molecular formula is C9H20N2O2. The van der Waals surface area contributed by atoms with E-state index in [0.29, 0.717) is 6.42 Å². The minimum absolute atomic E-state index is 0.667. The molecule has 0 radical (unpaired) electrons. The van der Waals surface area contributed by atoms with Crippen molar-refractivity contribution in [3.8, 4) is 0 Å². The fraction of sp³-hybridized carbons (Fsp3) is 0.889. The van der Waals surface area contributed by atoms with Gasteiger partial charge in [-0.3, -0.25) is 4.79 Å². The number of aliphatic carboxylic acids is 1. The lowest BCUT2D eigenvalue weighted by Gasteiger charge is -2.23. The van der Waals surface area contributed by atoms with E-state index in [1.165, 1.54) is 0 Å². The Bertz CT molecular complexity index is 162. The molecule has 1 unspecified atom stereocenters. The Morgan fingerprint density at radius 3 is 2.38 bits per heavy atom. The number of rotatable bonds is 7. The number of hydrogen-bond donors (Lipinski definition) is 3. The predicted molar refractivity (Wildman–Crippen MR) is 52.9 cm³/mol. The summed E-state index contributed by atoms with van der Waals surface area (Å²) in [5.74, 6) is -0.778. The smallest absolute Gasteiger partial charge is 0.323 e. The average molecular weight is 188 g/mol. The van der Waals surface area contributed by atoms with Crippen molar-refractivity contribution in [2.75, 3.05) is 20.6 Å². The molecule has 0 fully saturated rings. The summed E-state index contributed by atoms with van der Waals surface area (Å²) in [5, 5.41) is 14.8. The Morgan fingerprint density at radius 1 is 1.38 bits per heavy atom. The van der Waals surface area contributed by atoms with Gasteiger partial charge < -0.3 is 15.7 Å². The van der Waals surface area contributed by atoms with E-state index in [1.54, 1.807) is 14.0 Å². The van der Waals surface area contributed by atoms with Gasteiger partial charge in [0.05, 0.1) is 0 Å². The third kappa shape index (κ3) is 4.24. The Labute approximate surface area is 79.7 Å². The van der Waals surface area contributed by atoms with Crippen LogP contribution < -0.4 is 10.6 Å². The number of carboxylic acids is 1. The Hall–Kier alpha value is -0.610. The summed E-state index contributed by atoms with van der Waals surface area (Å²) in [6.45, 7) is 2.66. The molecule has 0 aromatic rings. The van der Waals surface area contributed by atoms with E-state index in [0.717, 1.165) is 19.4 Å². The van der Waals surface area contributed by atoms with Crippen LogP contribution >= 0.6 is 0 Å². The molecule has 0 rings (SSSR count). The number of likely N-dealkylation sites (N-methyl/N-ethyl adjacent to an activating group) is 1. The van der Waals surface area contributed by atoms with Gasteiger partial charge in [0.25, 0.3) is 0 Å². The number of carboxylic acid groups (broad SMARTS) is 1. The predicted octanol–water partition coefficient (Wildman–Crippen LogP) is 0.439. The Morgan fingerprint density at radius 2 is 2.00 bits per heavy atom. The first-order chi connectivity index (χ1) is 6.06. The molecule has 0 aliphatic heterocycles. The van der Waals surface area contributed by atoms with Crippen LogP contribution in [0.5, 0.6) is 0 Å². The van der Waals surface area contributed by atoms with Gasteiger partial charge in [-0.2, -0.15) is 0 Å². The fourth-order valence-corrected chi connectivity index (χ4v) is 1.12. The van der Waals surface area contributed by atoms with Crippen LogP contribution in [0, 0.1) is 0 Å². The number of nitrogens with one attached hydrogen (secondary N) is 2. The largest absolute Gasteiger partial charge is 0.480 e. The lowest BCUT2D eigenvalue weighted by atomic mass is 9.95. The topological polar surface area (TPSA) is 61.4 Å². The van der Waals surface area contributed by atoms with Crippen LogP contribution in [0.4, 0.5) is 0 Å². The molecular weight excluding hydrogens is 168 g/mol. The van der Waals surface area contributed by atoms with Crippen molar-refractivity contribution in [3.05, 3.63) is 0 Å². The van der Waals surface area contributed by atoms with Crippen LogP contribution in [0.3, 0.4) is 0 Å². The average Bonchev–Trinajstić information content (AvgIpc) is 2.12. The van der Waals surface area contributed by atoms with E-state index in [4.69, 9.17) is 5.11 Å². The molecule has 0 aliphatic carbocycles. The van der Waals surface area contributed by atoms with E-state index in [1.807, 2.05) is 7.05 Å². The standard InChI is InChI=1S/C9H20N2O2/c1-9(11-3,8(12)13)6-4-5-7-10-2/h10-11H,4-7H2,1-3H3,(H,12,13). The summed E-state index contributed by atoms with van der Waals surface area (Å²) in [6, 6.07) is 0. The third-order valence-electron chi connectivity index (χ3n) is 2.38. The molecule has 0 heterocycles. The van der Waals surface area contributed by atoms with Crippen molar-refractivity contribution in [1.29, 1.82) is 0 Å². The van der Waals surface area contributed by atoms with Crippen molar-refractivity contribution < 1.29 is 9.90 Å². The third-order valence-corrected chi connectivity index (χ3v) is 2.38. The van der Waals surface area contributed by atoms with Crippen molar-refractivity contribution in [3.63, 3.8) is 0 Å². The summed E-state index contributed by atoms with van der Waals surface area (Å²) in [6.07, 6.45) is 2.60. The molecule has 78 valence electrons. The first-order valence-electron chi connectivity index (χ1n) is 4.63. The van der Waals surface area contributed by atoms with Crippen molar-refractivity contribution in [2.24, 2.45) is 0 Å². The van der Waals surface area contributed by atoms with Gasteiger partial charge in [-0.15, -0.1) is 0 Å². The molecule has 13 heavy (non-hydrogen) atoms. The number of hydrogen-bond acceptors (Lipinski definition) is 3. The van der Waals surface area contributed by atoms with Crippen LogP contribution in [-0.2, 0) is 4.79 Å². The summed E-state index contributed by atoms with van der Waals surface area (Å²) in [7, 11) is 3.58. The van der Waals surface area contributed by atoms with Crippen LogP contribution in [0.25, 0.3) is 0 Å². The van der Waals surface area contributed by atoms with Gasteiger partial charge in [0, 0.05) is 0 Å². The maximum Gasteiger partial charge on any atom is 0.323 e. The highest BCUT2D eigenvalue weighted by Gasteiger charge is 2.29. The zero-order valence-corrected chi connectivity index (χ0v) is 8.68. The van der Waals surface area contributed by atoms with Crippen LogP contribution in [0.2, 0.25) is 0 Å². The lowest BCUT2D eigenvalue weighted by molar-refractivity contribution is -0.144. The second-order valence-electron chi connectivity index (χ2n) is 3.45. The zero-order chi connectivity index (χ0) is 10.3. The summed E-state index contributed by atoms with van der Waals surface area (Å²) in [5.41, 5.74) is -0.770. The fourth-order valence-electron chi connectivity index (χ4n) is 1.12. The molecule has 0 saturated carbocycles. The molecule has 0 aliphatic rings. The summed E-state index contributed by atoms with van der Waals surface area (Å²) >= 11 is 0. The summed E-state index contributed by atoms with van der Waals surface area (Å²) < 4.78 is 0. The van der Waals surface area contributed by atoms with Crippen molar-refractivity contribution in [1.82, 2.24) is 10.6 Å². The molecule has 1 atom stereocenters. The minimum atomic E-state index is -0.778. The maximum absolute atomic E-state index is 10.8. The van der Waals surface area contributed by atoms with E-state index >= 15 is 0 Å². The normalized spacial score (nSPS) is 15.3. The zero-order valence-electron chi connectivity index (χ0n) is 8.68. The molecule has 0 aromatic heterocycles. The molecule has 4 nitrogen and oxygen atoms in total. The molecule has 3 N–H and O–H groups in total. The van der Waals surface area contributed by atoms with Gasteiger partial charge in [0.2, 0.25) is 0 Å². The molecule has 0 amide bonds. The van der Waals surface area contributed by atoms with Gasteiger partial charge in [-0.1, -0.05) is 0 Å². The second-order valence-corrected chi connectivity index (χ2v) is 3.45. The highest BCUT2D eigenvalue weighted by atomic mass is 16.4. The number of carbonyl (C=O) groups is 1. The second kappa shape index (κ2) is 5.94. The van der Waals surface area contributed by atoms with Crippen LogP contribution in [0.15, 0.2) is 0 Å². The quantitative estimate of drug-likeness (QED) is 0.507. The summed E-state index contributed by atoms with van der Waals surface area (Å²) in [4.78, 5) is 10.8. The minimum Gasteiger partial charge on any atom is -0.480 e. The molecule has 4 heteroatoms. The monoisotopic (exact) mass is 188 g/mol. The van der Waals surface area contributed by atoms with Gasteiger partial charge >= 0.3 is 5.97 Å². The maximum atomic E-state index is 10.8. The van der Waals surface area contributed by atoms with Crippen LogP contribution in [-0.4, -0.2) is 37.3 Å². The van der Waals surface area contributed by atoms with Crippen molar-refractivity contribution >= 4 is 5.97 Å². The van der Waals surface area contributed by atoms with Crippen LogP contribution in [0.1, 0.15) is 26.2 Å². The van der Waals surface area contributed by atoms with E-state index in [2.05, 4.69) is 10.6 Å². The highest BCUT2D eigenvalue weighted by Crippen LogP contribution is 2.13. The molecule has 0 spiro atoms. The van der Waals surface area contributed by atoms with E-state index in [9.17, 15) is 4.79 Å². The van der Waals surface area contributed by atoms with E-state index in [-0.39, 0.29) is 0 Å². The van der Waals surface area contributed by atoms with Gasteiger partial charge in [-0.25, -0.2) is 0 Å². The van der Waals surface area contributed by atoms with Gasteiger partial charge in [-0.05, 0) is 46.8 Å². The first kappa shape index (κ1) is 12.4. The van der Waals surface area contributed by atoms with Gasteiger partial charge in [0.1, 0.15) is 5.54 Å². The molecule has 0 saturated heterocycles. The van der Waals surface area contributed by atoms with E-state index < -0.39 is 11.5 Å².